The van der Waals surface area contributed by atoms with Gasteiger partial charge in [-0.05, 0) is 111 Å². The van der Waals surface area contributed by atoms with E-state index in [1.54, 1.807) is 29.5 Å². The minimum atomic E-state index is -0.824. The molecule has 2 aliphatic carbocycles. The largest absolute Gasteiger partial charge is 0.507 e. The summed E-state index contributed by atoms with van der Waals surface area (Å²) in [6, 6.07) is 22.4. The fourth-order valence-electron chi connectivity index (χ4n) is 12.3. The summed E-state index contributed by atoms with van der Waals surface area (Å²) in [5.74, 6) is 0.929. The number of aryl methyl sites for hydroxylation is 1. The molecule has 406 valence electrons. The van der Waals surface area contributed by atoms with Crippen LogP contribution in [0.1, 0.15) is 114 Å². The van der Waals surface area contributed by atoms with Gasteiger partial charge < -0.3 is 54.7 Å². The number of pyridine rings is 1. The lowest BCUT2D eigenvalue weighted by molar-refractivity contribution is -0.141. The van der Waals surface area contributed by atoms with E-state index in [-0.39, 0.29) is 60.8 Å². The van der Waals surface area contributed by atoms with Crippen LogP contribution in [0.3, 0.4) is 0 Å². The lowest BCUT2D eigenvalue weighted by atomic mass is 9.84. The molecular weight excluding hydrogens is 997 g/mol. The van der Waals surface area contributed by atoms with Crippen LogP contribution in [0.15, 0.2) is 89.0 Å². The number of thiazole rings is 1. The fourth-order valence-corrected chi connectivity index (χ4v) is 13.1. The number of likely N-dealkylation sites (tertiary alicyclic amines) is 1. The number of nitrogen functional groups attached to an aromatic ring is 1. The van der Waals surface area contributed by atoms with E-state index in [4.69, 9.17) is 24.5 Å². The number of hydrogen-bond acceptors (Lipinski definition) is 17. The summed E-state index contributed by atoms with van der Waals surface area (Å²) < 4.78 is 24.8. The number of carbonyl (C=O) groups excluding carboxylic acids is 2. The van der Waals surface area contributed by atoms with Crippen LogP contribution in [0, 0.1) is 18.8 Å². The Kier molecular flexibility index (Phi) is 15.4. The van der Waals surface area contributed by atoms with Gasteiger partial charge in [0.1, 0.15) is 23.8 Å². The van der Waals surface area contributed by atoms with Gasteiger partial charge in [-0.2, -0.15) is 0 Å². The van der Waals surface area contributed by atoms with Crippen LogP contribution >= 0.6 is 11.3 Å². The lowest BCUT2D eigenvalue weighted by Gasteiger charge is -2.43. The van der Waals surface area contributed by atoms with Gasteiger partial charge in [0.15, 0.2) is 11.6 Å². The van der Waals surface area contributed by atoms with E-state index in [0.29, 0.717) is 59.2 Å². The van der Waals surface area contributed by atoms with Crippen molar-refractivity contribution >= 4 is 40.3 Å². The first-order chi connectivity index (χ1) is 37.3. The molecule has 7 heterocycles. The van der Waals surface area contributed by atoms with E-state index in [2.05, 4.69) is 52.6 Å². The molecule has 5 fully saturated rings. The minimum Gasteiger partial charge on any atom is -0.507 e. The molecule has 6 atom stereocenters. The molecule has 0 spiro atoms. The second-order valence-corrected chi connectivity index (χ2v) is 23.0. The number of anilines is 3. The second-order valence-electron chi connectivity index (χ2n) is 22.1. The Hall–Kier alpha value is -6.83. The normalized spacial score (nSPS) is 24.9. The number of hydrogen-bond donors (Lipinski definition) is 4. The highest BCUT2D eigenvalue weighted by Gasteiger charge is 2.45. The van der Waals surface area contributed by atoms with Crippen molar-refractivity contribution < 1.29 is 38.5 Å². The Morgan fingerprint density at radius 2 is 1.64 bits per heavy atom. The number of phenolic OH excluding ortho intramolecular Hbond substituents is 1. The third-order valence-corrected chi connectivity index (χ3v) is 17.5. The number of piperazine rings is 1. The van der Waals surface area contributed by atoms with Crippen LogP contribution in [0.25, 0.3) is 21.7 Å². The number of nitrogens with two attached hydrogens (primary N) is 1. The minimum absolute atomic E-state index is 0.0583. The van der Waals surface area contributed by atoms with Crippen molar-refractivity contribution in [2.24, 2.45) is 11.8 Å². The zero-order valence-corrected chi connectivity index (χ0v) is 45.1. The Morgan fingerprint density at radius 1 is 0.870 bits per heavy atom. The van der Waals surface area contributed by atoms with E-state index in [9.17, 15) is 19.8 Å². The van der Waals surface area contributed by atoms with Crippen molar-refractivity contribution in [2.75, 3.05) is 41.8 Å². The summed E-state index contributed by atoms with van der Waals surface area (Å²) in [5, 5.41) is 37.0. The van der Waals surface area contributed by atoms with Crippen molar-refractivity contribution in [3.63, 3.8) is 0 Å². The summed E-state index contributed by atoms with van der Waals surface area (Å²) in [6.45, 7) is 9.90. The number of rotatable bonds is 18. The standard InChI is InChI=1S/C58H70N10O8S/c1-33(2)54(58(72)67-31-42(69)24-49(67)57(71)62-34(3)37-11-13-38(14-12-37)55-35(4)61-32-77-55)51-28-53(65-76-51)73-22-20-36-9-17-43(18-10-36)74-44-25-45(26-44)75-52-23-39(19-21-60-52)68-40-15-16-41(68)30-66(29-40)48-27-47(63-64-56(48)59)46-7-5-6-8-50(46)70/h5-8,11-14,19,21,23,27-28,32-34,36,40-45,49,54,69-70H,9-10,15-18,20,22,24-26,29-31H2,1-4H3,(H2,59,64)(H,62,71)/t34-,36?,40+,41?,42+,43?,44?,45?,49-,54+/m0/s1. The predicted octanol–water partition coefficient (Wildman–Crippen LogP) is 8.64. The molecule has 1 unspecified atom stereocenters. The molecule has 3 saturated heterocycles. The number of phenols is 1. The number of ether oxygens (including phenoxy) is 3. The Morgan fingerprint density at radius 3 is 2.36 bits per heavy atom. The molecule has 6 aromatic rings. The van der Waals surface area contributed by atoms with Crippen LogP contribution in [-0.2, 0) is 14.3 Å². The van der Waals surface area contributed by atoms with Crippen molar-refractivity contribution in [3.05, 3.63) is 102 Å². The molecule has 2 amide bonds. The van der Waals surface area contributed by atoms with Gasteiger partial charge in [-0.15, -0.1) is 21.5 Å². The maximum atomic E-state index is 14.3. The molecule has 19 heteroatoms. The third kappa shape index (κ3) is 11.4. The summed E-state index contributed by atoms with van der Waals surface area (Å²) >= 11 is 1.59. The van der Waals surface area contributed by atoms with Crippen LogP contribution in [0.2, 0.25) is 0 Å². The molecule has 2 saturated carbocycles. The molecule has 5 N–H and O–H groups in total. The number of aliphatic hydroxyl groups excluding tert-OH is 1. The van der Waals surface area contributed by atoms with Crippen molar-refractivity contribution in [1.29, 1.82) is 0 Å². The van der Waals surface area contributed by atoms with E-state index in [1.807, 2.05) is 81.9 Å². The number of carbonyl (C=O) groups is 2. The second kappa shape index (κ2) is 22.6. The Balaban J connectivity index is 0.601. The van der Waals surface area contributed by atoms with Gasteiger partial charge in [0.25, 0.3) is 5.88 Å². The van der Waals surface area contributed by atoms with Crippen molar-refractivity contribution in [2.45, 2.75) is 146 Å². The number of aliphatic hydroxyl groups is 1. The number of nitrogens with one attached hydrogen (secondary N) is 1. The van der Waals surface area contributed by atoms with E-state index >= 15 is 0 Å². The van der Waals surface area contributed by atoms with Gasteiger partial charge in [0.2, 0.25) is 17.7 Å². The van der Waals surface area contributed by atoms with Crippen LogP contribution in [0.4, 0.5) is 17.2 Å². The number of nitrogens with zero attached hydrogens (tertiary/aromatic N) is 8. The summed E-state index contributed by atoms with van der Waals surface area (Å²) in [4.78, 5) is 44.4. The maximum Gasteiger partial charge on any atom is 0.254 e. The topological polar surface area (TPSA) is 228 Å². The number of fused-ring (bicyclic) bond motifs is 2. The quantitative estimate of drug-likeness (QED) is 0.0631. The Labute approximate surface area is 453 Å². The summed E-state index contributed by atoms with van der Waals surface area (Å²) in [6.07, 6.45) is 10.5. The molecule has 11 rings (SSSR count). The molecule has 0 radical (unpaired) electrons. The SMILES string of the molecule is Cc1ncsc1-c1ccc([C@H](C)NC(=O)[C@@H]2C[C@@H](O)CN2C(=O)[C@@H](c2cc(OCCC3CCC(OC4CC(Oc5cc(N6C7CC[C@@H]6CN(c6cc(-c8ccccc8O)nnc6N)C7)ccn5)C4)CC3)no2)C(C)C)cc1. The van der Waals surface area contributed by atoms with Gasteiger partial charge in [-0.25, -0.2) is 9.97 Å². The van der Waals surface area contributed by atoms with Gasteiger partial charge in [0.05, 0.1) is 58.4 Å². The zero-order chi connectivity index (χ0) is 53.3. The van der Waals surface area contributed by atoms with Gasteiger partial charge in [-0.1, -0.05) is 50.2 Å². The molecule has 3 aliphatic heterocycles. The van der Waals surface area contributed by atoms with Gasteiger partial charge in [0, 0.05) is 80.6 Å². The number of aromatic nitrogens is 5. The molecule has 5 aliphatic rings. The number of aromatic hydroxyl groups is 1. The highest BCUT2D eigenvalue weighted by Crippen LogP contribution is 2.41. The number of para-hydroxylation sites is 1. The van der Waals surface area contributed by atoms with Crippen molar-refractivity contribution in [1.82, 2.24) is 35.5 Å². The number of amides is 2. The number of benzene rings is 2. The molecule has 18 nitrogen and oxygen atoms in total. The average Bonchev–Trinajstić information content (AvgIpc) is 4.22. The van der Waals surface area contributed by atoms with Crippen molar-refractivity contribution in [3.8, 4) is 39.2 Å². The first kappa shape index (κ1) is 52.2. The molecule has 77 heavy (non-hydrogen) atoms. The predicted molar refractivity (Wildman–Crippen MR) is 293 cm³/mol. The first-order valence-electron chi connectivity index (χ1n) is 27.4. The zero-order valence-electron chi connectivity index (χ0n) is 44.2. The average molecular weight is 1070 g/mol. The molecular formula is C58H70N10O8S. The first-order valence-corrected chi connectivity index (χ1v) is 28.3. The number of β-amino-alcohol motifs (C(OH)–C–C–N with tert-alkyl or cyclic N) is 1. The highest BCUT2D eigenvalue weighted by molar-refractivity contribution is 7.13. The van der Waals surface area contributed by atoms with E-state index in [0.717, 1.165) is 104 Å². The highest BCUT2D eigenvalue weighted by atomic mass is 32.1. The summed E-state index contributed by atoms with van der Waals surface area (Å²) in [7, 11) is 0. The molecule has 4 aromatic heterocycles. The van der Waals surface area contributed by atoms with Gasteiger partial charge >= 0.3 is 0 Å². The summed E-state index contributed by atoms with van der Waals surface area (Å²) in [5.41, 5.74) is 14.4. The molecule has 2 bridgehead atoms. The fraction of sp³-hybridized carbons (Fsp3) is 0.500. The van der Waals surface area contributed by atoms with E-state index in [1.165, 1.54) is 4.90 Å². The van der Waals surface area contributed by atoms with Gasteiger partial charge in [-0.3, -0.25) is 9.59 Å². The Bertz CT molecular complexity index is 3000. The molecule has 2 aromatic carbocycles. The third-order valence-electron chi connectivity index (χ3n) is 16.5. The monoisotopic (exact) mass is 1070 g/mol. The van der Waals surface area contributed by atoms with Crippen LogP contribution < -0.4 is 30.3 Å². The maximum absolute atomic E-state index is 14.3. The van der Waals surface area contributed by atoms with Crippen LogP contribution in [-0.4, -0.2) is 121 Å². The lowest BCUT2D eigenvalue weighted by Crippen LogP contribution is -2.54. The smallest absolute Gasteiger partial charge is 0.254 e. The van der Waals surface area contributed by atoms with Crippen LogP contribution in [0.5, 0.6) is 17.5 Å². The van der Waals surface area contributed by atoms with E-state index < -0.39 is 18.1 Å².